The van der Waals surface area contributed by atoms with E-state index in [0.29, 0.717) is 11.5 Å². The molecule has 0 saturated heterocycles. The van der Waals surface area contributed by atoms with Gasteiger partial charge in [-0.05, 0) is 6.92 Å². The third-order valence-electron chi connectivity index (χ3n) is 1.27. The van der Waals surface area contributed by atoms with Gasteiger partial charge in [0.15, 0.2) is 11.5 Å². The summed E-state index contributed by atoms with van der Waals surface area (Å²) in [4.78, 5) is 0. The normalized spacial score (nSPS) is 10.3. The van der Waals surface area contributed by atoms with E-state index in [-0.39, 0.29) is 0 Å². The maximum Gasteiger partial charge on any atom is 0.205 e. The van der Waals surface area contributed by atoms with Crippen LogP contribution < -0.4 is 0 Å². The number of aryl methyl sites for hydroxylation is 1. The first-order valence-electron chi connectivity index (χ1n) is 3.13. The summed E-state index contributed by atoms with van der Waals surface area (Å²) in [7, 11) is 0. The van der Waals surface area contributed by atoms with Crippen LogP contribution >= 0.6 is 0 Å². The summed E-state index contributed by atoms with van der Waals surface area (Å²) in [6, 6.07) is 3.38. The lowest BCUT2D eigenvalue weighted by molar-refractivity contribution is 0.400. The maximum atomic E-state index is 4.92. The Morgan fingerprint density at radius 1 is 1.45 bits per heavy atom. The number of nitrogens with zero attached hydrogens (tertiary/aromatic N) is 2. The van der Waals surface area contributed by atoms with Gasteiger partial charge in [0.05, 0.1) is 5.69 Å². The molecule has 55 valence electrons. The van der Waals surface area contributed by atoms with Gasteiger partial charge in [0.2, 0.25) is 6.26 Å². The minimum atomic E-state index is 0.604. The van der Waals surface area contributed by atoms with E-state index in [2.05, 4.69) is 21.1 Å². The summed E-state index contributed by atoms with van der Waals surface area (Å²) in [5.41, 5.74) is 1.44. The van der Waals surface area contributed by atoms with Crippen molar-refractivity contribution >= 4 is 0 Å². The summed E-state index contributed by atoms with van der Waals surface area (Å²) in [5, 5.41) is 7.34. The van der Waals surface area contributed by atoms with Crippen LogP contribution in [0.25, 0.3) is 11.5 Å². The van der Waals surface area contributed by atoms with E-state index in [4.69, 9.17) is 4.52 Å². The molecule has 0 aliphatic heterocycles. The molecule has 2 rings (SSSR count). The Labute approximate surface area is 62.8 Å². The van der Waals surface area contributed by atoms with Crippen LogP contribution in [0.4, 0.5) is 0 Å². The predicted octanol–water partition coefficient (Wildman–Crippen LogP) is 1.44. The summed E-state index contributed by atoms with van der Waals surface area (Å²) in [6.07, 6.45) is 2.46. The molecule has 2 aromatic heterocycles. The van der Waals surface area contributed by atoms with E-state index in [1.54, 1.807) is 12.1 Å². The highest BCUT2D eigenvalue weighted by atomic mass is 16.5. The second-order valence-electron chi connectivity index (χ2n) is 2.16. The minimum Gasteiger partial charge on any atom is -0.354 e. The summed E-state index contributed by atoms with van der Waals surface area (Å²) in [6.45, 7) is 1.84. The molecule has 4 nitrogen and oxygen atoms in total. The van der Waals surface area contributed by atoms with Crippen LogP contribution in [0.15, 0.2) is 21.2 Å². The van der Waals surface area contributed by atoms with E-state index in [1.807, 2.05) is 6.92 Å². The summed E-state index contributed by atoms with van der Waals surface area (Å²) < 4.78 is 9.43. The third kappa shape index (κ3) is 1.02. The molecule has 2 heterocycles. The first kappa shape index (κ1) is 6.15. The highest BCUT2D eigenvalue weighted by molar-refractivity contribution is 5.49. The standard InChI is InChI=1S/C7H5N2O2/c1-5-4-7(11-8-5)6-2-3-10-9-6/h2,4H,1H3. The van der Waals surface area contributed by atoms with E-state index >= 15 is 0 Å². The molecule has 0 fully saturated rings. The Kier molecular flexibility index (Phi) is 1.25. The van der Waals surface area contributed by atoms with Crippen molar-refractivity contribution in [2.24, 2.45) is 0 Å². The number of hydrogen-bond donors (Lipinski definition) is 0. The van der Waals surface area contributed by atoms with Gasteiger partial charge in [-0.15, -0.1) is 0 Å². The van der Waals surface area contributed by atoms with Crippen LogP contribution in [0, 0.1) is 13.2 Å². The Bertz CT molecular complexity index is 337. The lowest BCUT2D eigenvalue weighted by atomic mass is 10.3. The number of rotatable bonds is 1. The first-order chi connectivity index (χ1) is 5.36. The van der Waals surface area contributed by atoms with E-state index < -0.39 is 0 Å². The zero-order chi connectivity index (χ0) is 7.68. The molecule has 0 saturated carbocycles. The molecular formula is C7H5N2O2. The fourth-order valence-corrected chi connectivity index (χ4v) is 0.784. The zero-order valence-corrected chi connectivity index (χ0v) is 5.87. The molecule has 0 atom stereocenters. The van der Waals surface area contributed by atoms with Gasteiger partial charge in [-0.1, -0.05) is 10.3 Å². The second-order valence-corrected chi connectivity index (χ2v) is 2.16. The second kappa shape index (κ2) is 2.23. The summed E-state index contributed by atoms with van der Waals surface area (Å²) in [5.74, 6) is 0.604. The number of hydrogen-bond acceptors (Lipinski definition) is 4. The van der Waals surface area contributed by atoms with Crippen molar-refractivity contribution in [3.05, 3.63) is 24.1 Å². The van der Waals surface area contributed by atoms with E-state index in [0.717, 1.165) is 5.69 Å². The van der Waals surface area contributed by atoms with Crippen LogP contribution in [0.5, 0.6) is 0 Å². The first-order valence-corrected chi connectivity index (χ1v) is 3.13. The molecule has 0 aliphatic carbocycles. The monoisotopic (exact) mass is 149 g/mol. The van der Waals surface area contributed by atoms with Gasteiger partial charge in [0.25, 0.3) is 0 Å². The smallest absolute Gasteiger partial charge is 0.205 e. The molecule has 0 unspecified atom stereocenters. The van der Waals surface area contributed by atoms with Crippen LogP contribution in [-0.2, 0) is 0 Å². The van der Waals surface area contributed by atoms with Crippen molar-refractivity contribution in [3.63, 3.8) is 0 Å². The van der Waals surface area contributed by atoms with Crippen molar-refractivity contribution < 1.29 is 9.05 Å². The summed E-state index contributed by atoms with van der Waals surface area (Å²) >= 11 is 0. The van der Waals surface area contributed by atoms with Crippen LogP contribution in [0.2, 0.25) is 0 Å². The third-order valence-corrected chi connectivity index (χ3v) is 1.27. The van der Waals surface area contributed by atoms with Crippen LogP contribution in [0.1, 0.15) is 5.69 Å². The molecule has 0 spiro atoms. The topological polar surface area (TPSA) is 52.1 Å². The molecule has 0 N–H and O–H groups in total. The largest absolute Gasteiger partial charge is 0.354 e. The molecule has 1 radical (unpaired) electrons. The van der Waals surface area contributed by atoms with Gasteiger partial charge in [0.1, 0.15) is 0 Å². The van der Waals surface area contributed by atoms with Gasteiger partial charge >= 0.3 is 0 Å². The minimum absolute atomic E-state index is 0.604. The fraction of sp³-hybridized carbons (Fsp3) is 0.143. The maximum absolute atomic E-state index is 4.92. The highest BCUT2D eigenvalue weighted by Crippen LogP contribution is 2.16. The average Bonchev–Trinajstić information content (AvgIpc) is 2.55. The van der Waals surface area contributed by atoms with Gasteiger partial charge < -0.3 is 9.05 Å². The van der Waals surface area contributed by atoms with Gasteiger partial charge in [0, 0.05) is 12.1 Å². The molecule has 2 aromatic rings. The van der Waals surface area contributed by atoms with E-state index in [1.165, 1.54) is 0 Å². The van der Waals surface area contributed by atoms with Crippen molar-refractivity contribution in [1.82, 2.24) is 10.3 Å². The molecular weight excluding hydrogens is 144 g/mol. The van der Waals surface area contributed by atoms with Crippen LogP contribution in [0.3, 0.4) is 0 Å². The molecule has 0 aliphatic rings. The molecule has 4 heteroatoms. The highest BCUT2D eigenvalue weighted by Gasteiger charge is 2.06. The Balaban J connectivity index is 2.45. The Morgan fingerprint density at radius 3 is 2.91 bits per heavy atom. The quantitative estimate of drug-likeness (QED) is 0.615. The van der Waals surface area contributed by atoms with E-state index in [9.17, 15) is 0 Å². The van der Waals surface area contributed by atoms with Crippen molar-refractivity contribution in [3.8, 4) is 11.5 Å². The van der Waals surface area contributed by atoms with Gasteiger partial charge in [-0.2, -0.15) is 0 Å². The van der Waals surface area contributed by atoms with Crippen LogP contribution in [-0.4, -0.2) is 10.3 Å². The zero-order valence-electron chi connectivity index (χ0n) is 5.87. The molecule has 0 bridgehead atoms. The Morgan fingerprint density at radius 2 is 2.36 bits per heavy atom. The molecule has 11 heavy (non-hydrogen) atoms. The molecule has 0 amide bonds. The molecule has 0 aromatic carbocycles. The van der Waals surface area contributed by atoms with Gasteiger partial charge in [-0.25, -0.2) is 0 Å². The average molecular weight is 149 g/mol. The van der Waals surface area contributed by atoms with Crippen molar-refractivity contribution in [1.29, 1.82) is 0 Å². The predicted molar refractivity (Wildman–Crippen MR) is 35.6 cm³/mol. The lowest BCUT2D eigenvalue weighted by Crippen LogP contribution is -1.68. The lowest BCUT2D eigenvalue weighted by Gasteiger charge is -1.79. The van der Waals surface area contributed by atoms with Crippen molar-refractivity contribution in [2.45, 2.75) is 6.92 Å². The Hall–Kier alpha value is -1.58. The SMILES string of the molecule is Cc1cc(-c2c[c]on2)on1. The van der Waals surface area contributed by atoms with Crippen molar-refractivity contribution in [2.75, 3.05) is 0 Å². The fourth-order valence-electron chi connectivity index (χ4n) is 0.784. The number of aromatic nitrogens is 2. The van der Waals surface area contributed by atoms with Gasteiger partial charge in [-0.3, -0.25) is 0 Å².